The molecule has 0 saturated heterocycles. The molecule has 1 aliphatic carbocycles. The van der Waals surface area contributed by atoms with E-state index in [4.69, 9.17) is 11.5 Å². The normalized spacial score (nSPS) is 17.2. The van der Waals surface area contributed by atoms with E-state index in [0.29, 0.717) is 11.3 Å². The summed E-state index contributed by atoms with van der Waals surface area (Å²) in [5.41, 5.74) is 12.4. The lowest BCUT2D eigenvalue weighted by atomic mass is 9.98. The molecule has 1 aliphatic rings. The molecule has 0 aliphatic heterocycles. The van der Waals surface area contributed by atoms with Gasteiger partial charge >= 0.3 is 0 Å². The molecule has 19 heavy (non-hydrogen) atoms. The van der Waals surface area contributed by atoms with Crippen LogP contribution in [0.1, 0.15) is 41.6 Å². The molecular weight excluding hydrogens is 242 g/mol. The number of hydrogen-bond donors (Lipinski definition) is 3. The lowest BCUT2D eigenvalue weighted by molar-refractivity contribution is -0.121. The van der Waals surface area contributed by atoms with Crippen molar-refractivity contribution in [3.63, 3.8) is 0 Å². The van der Waals surface area contributed by atoms with Crippen LogP contribution in [-0.4, -0.2) is 17.4 Å². The van der Waals surface area contributed by atoms with Crippen LogP contribution in [0.3, 0.4) is 0 Å². The molecule has 102 valence electrons. The molecule has 2 rings (SSSR count). The second-order valence-corrected chi connectivity index (χ2v) is 5.21. The number of aryl methyl sites for hydroxylation is 1. The van der Waals surface area contributed by atoms with Crippen LogP contribution >= 0.6 is 0 Å². The monoisotopic (exact) mass is 261 g/mol. The Balaban J connectivity index is 2.13. The zero-order chi connectivity index (χ0) is 14.0. The van der Waals surface area contributed by atoms with Gasteiger partial charge in [-0.1, -0.05) is 12.8 Å². The topological polar surface area (TPSA) is 98.2 Å². The molecule has 0 aromatic heterocycles. The number of carbonyl (C=O) groups is 2. The smallest absolute Gasteiger partial charge is 0.248 e. The van der Waals surface area contributed by atoms with Crippen molar-refractivity contribution in [1.29, 1.82) is 0 Å². The van der Waals surface area contributed by atoms with Gasteiger partial charge in [-0.2, -0.15) is 0 Å². The van der Waals surface area contributed by atoms with E-state index in [0.717, 1.165) is 31.2 Å². The molecule has 5 N–H and O–H groups in total. The van der Waals surface area contributed by atoms with Crippen molar-refractivity contribution in [1.82, 2.24) is 0 Å². The number of nitrogens with one attached hydrogen (secondary N) is 1. The van der Waals surface area contributed by atoms with Crippen LogP contribution in [0.15, 0.2) is 18.2 Å². The van der Waals surface area contributed by atoms with Crippen molar-refractivity contribution >= 4 is 17.5 Å². The first-order valence-electron chi connectivity index (χ1n) is 6.43. The van der Waals surface area contributed by atoms with Crippen LogP contribution in [0.4, 0.5) is 5.69 Å². The molecular formula is C14H19N3O2. The maximum Gasteiger partial charge on any atom is 0.248 e. The summed E-state index contributed by atoms with van der Waals surface area (Å²) < 4.78 is 0. The number of anilines is 1. The van der Waals surface area contributed by atoms with Crippen molar-refractivity contribution < 1.29 is 9.59 Å². The number of primary amides is 1. The summed E-state index contributed by atoms with van der Waals surface area (Å²) in [5.74, 6) is -0.627. The molecule has 0 unspecified atom stereocenters. The third-order valence-electron chi connectivity index (χ3n) is 3.70. The fraction of sp³-hybridized carbons (Fsp3) is 0.429. The molecule has 0 atom stereocenters. The van der Waals surface area contributed by atoms with Crippen LogP contribution in [0, 0.1) is 6.92 Å². The van der Waals surface area contributed by atoms with E-state index >= 15 is 0 Å². The van der Waals surface area contributed by atoms with E-state index in [-0.39, 0.29) is 5.91 Å². The third-order valence-corrected chi connectivity index (χ3v) is 3.70. The second-order valence-electron chi connectivity index (χ2n) is 5.21. The fourth-order valence-corrected chi connectivity index (χ4v) is 2.51. The third kappa shape index (κ3) is 2.76. The highest BCUT2D eigenvalue weighted by atomic mass is 16.2. The molecule has 1 aromatic carbocycles. The maximum absolute atomic E-state index is 12.1. The lowest BCUT2D eigenvalue weighted by Crippen LogP contribution is -2.48. The average Bonchev–Trinajstić information content (AvgIpc) is 2.77. The molecule has 0 bridgehead atoms. The van der Waals surface area contributed by atoms with E-state index in [1.54, 1.807) is 25.1 Å². The molecule has 0 radical (unpaired) electrons. The summed E-state index contributed by atoms with van der Waals surface area (Å²) in [5, 5.41) is 2.82. The lowest BCUT2D eigenvalue weighted by Gasteiger charge is -2.22. The summed E-state index contributed by atoms with van der Waals surface area (Å²) in [6.07, 6.45) is 3.42. The zero-order valence-corrected chi connectivity index (χ0v) is 11.0. The van der Waals surface area contributed by atoms with E-state index in [1.165, 1.54) is 0 Å². The molecule has 1 aromatic rings. The Morgan fingerprint density at radius 2 is 1.89 bits per heavy atom. The van der Waals surface area contributed by atoms with Crippen LogP contribution in [-0.2, 0) is 4.79 Å². The van der Waals surface area contributed by atoms with Crippen molar-refractivity contribution in [3.8, 4) is 0 Å². The van der Waals surface area contributed by atoms with Crippen molar-refractivity contribution in [3.05, 3.63) is 29.3 Å². The first-order chi connectivity index (χ1) is 8.92. The van der Waals surface area contributed by atoms with Crippen molar-refractivity contribution in [2.45, 2.75) is 38.1 Å². The van der Waals surface area contributed by atoms with Crippen molar-refractivity contribution in [2.75, 3.05) is 5.32 Å². The van der Waals surface area contributed by atoms with Gasteiger partial charge in [0.2, 0.25) is 11.8 Å². The number of hydrogen-bond acceptors (Lipinski definition) is 3. The standard InChI is InChI=1S/C14H19N3O2/c1-9-8-10(4-5-11(9)12(15)18)17-13(19)14(16)6-2-3-7-14/h4-5,8H,2-3,6-7,16H2,1H3,(H2,15,18)(H,17,19). The molecule has 2 amide bonds. The second kappa shape index (κ2) is 5.01. The molecule has 1 fully saturated rings. The van der Waals surface area contributed by atoms with Gasteiger partial charge in [-0.25, -0.2) is 0 Å². The van der Waals surface area contributed by atoms with Crippen LogP contribution in [0.5, 0.6) is 0 Å². The van der Waals surface area contributed by atoms with Crippen LogP contribution in [0.25, 0.3) is 0 Å². The van der Waals surface area contributed by atoms with Gasteiger partial charge in [0, 0.05) is 11.3 Å². The van der Waals surface area contributed by atoms with Crippen molar-refractivity contribution in [2.24, 2.45) is 11.5 Å². The highest BCUT2D eigenvalue weighted by Crippen LogP contribution is 2.28. The highest BCUT2D eigenvalue weighted by molar-refractivity contribution is 5.99. The Morgan fingerprint density at radius 1 is 1.26 bits per heavy atom. The SMILES string of the molecule is Cc1cc(NC(=O)C2(N)CCCC2)ccc1C(N)=O. The number of nitrogens with two attached hydrogens (primary N) is 2. The Hall–Kier alpha value is -1.88. The summed E-state index contributed by atoms with van der Waals surface area (Å²) in [7, 11) is 0. The minimum absolute atomic E-state index is 0.156. The Bertz CT molecular complexity index is 519. The largest absolute Gasteiger partial charge is 0.366 e. The predicted octanol–water partition coefficient (Wildman–Crippen LogP) is 1.30. The summed E-state index contributed by atoms with van der Waals surface area (Å²) >= 11 is 0. The summed E-state index contributed by atoms with van der Waals surface area (Å²) in [4.78, 5) is 23.3. The summed E-state index contributed by atoms with van der Waals surface area (Å²) in [6, 6.07) is 5.02. The number of carbonyl (C=O) groups excluding carboxylic acids is 2. The van der Waals surface area contributed by atoms with E-state index in [9.17, 15) is 9.59 Å². The molecule has 0 heterocycles. The van der Waals surface area contributed by atoms with Gasteiger partial charge in [0.1, 0.15) is 0 Å². The number of rotatable bonds is 3. The van der Waals surface area contributed by atoms with Gasteiger partial charge in [0.25, 0.3) is 0 Å². The van der Waals surface area contributed by atoms with E-state index < -0.39 is 11.4 Å². The van der Waals surface area contributed by atoms with E-state index in [1.807, 2.05) is 0 Å². The van der Waals surface area contributed by atoms with E-state index in [2.05, 4.69) is 5.32 Å². The predicted molar refractivity (Wildman–Crippen MR) is 73.7 cm³/mol. The number of benzene rings is 1. The fourth-order valence-electron chi connectivity index (χ4n) is 2.51. The van der Waals surface area contributed by atoms with Gasteiger partial charge in [-0.15, -0.1) is 0 Å². The van der Waals surface area contributed by atoms with Gasteiger partial charge in [-0.05, 0) is 43.5 Å². The van der Waals surface area contributed by atoms with Gasteiger partial charge in [0.15, 0.2) is 0 Å². The van der Waals surface area contributed by atoms with Gasteiger partial charge in [0.05, 0.1) is 5.54 Å². The molecule has 5 nitrogen and oxygen atoms in total. The quantitative estimate of drug-likeness (QED) is 0.765. The first kappa shape index (κ1) is 13.5. The summed E-state index contributed by atoms with van der Waals surface area (Å²) in [6.45, 7) is 1.78. The minimum Gasteiger partial charge on any atom is -0.366 e. The first-order valence-corrected chi connectivity index (χ1v) is 6.43. The Labute approximate surface area is 112 Å². The zero-order valence-electron chi connectivity index (χ0n) is 11.0. The Morgan fingerprint density at radius 3 is 2.42 bits per heavy atom. The maximum atomic E-state index is 12.1. The number of amides is 2. The van der Waals surface area contributed by atoms with Crippen LogP contribution in [0.2, 0.25) is 0 Å². The highest BCUT2D eigenvalue weighted by Gasteiger charge is 2.36. The Kier molecular flexibility index (Phi) is 3.57. The van der Waals surface area contributed by atoms with Gasteiger partial charge in [-0.3, -0.25) is 9.59 Å². The van der Waals surface area contributed by atoms with Crippen LogP contribution < -0.4 is 16.8 Å². The van der Waals surface area contributed by atoms with Gasteiger partial charge < -0.3 is 16.8 Å². The molecule has 0 spiro atoms. The molecule has 1 saturated carbocycles. The average molecular weight is 261 g/mol. The molecule has 5 heteroatoms. The minimum atomic E-state index is -0.754.